The molecular formula is C26H35NO12. The number of carbonyl (C=O) groups excluding carboxylic acids is 6. The minimum atomic E-state index is -1.93. The fourth-order valence-electron chi connectivity index (χ4n) is 3.63. The largest absolute Gasteiger partial charge is 0.462 e. The van der Waals surface area contributed by atoms with E-state index in [2.05, 4.69) is 0 Å². The summed E-state index contributed by atoms with van der Waals surface area (Å²) >= 11 is 0. The molecule has 13 nitrogen and oxygen atoms in total. The van der Waals surface area contributed by atoms with Crippen LogP contribution in [0.3, 0.4) is 0 Å². The summed E-state index contributed by atoms with van der Waals surface area (Å²) in [5, 5.41) is 10.8. The van der Waals surface area contributed by atoms with Crippen molar-refractivity contribution in [2.24, 2.45) is 0 Å². The van der Waals surface area contributed by atoms with Crippen LogP contribution < -0.4 is 0 Å². The molecule has 0 aliphatic carbocycles. The number of carbonyl (C=O) groups is 6. The zero-order chi connectivity index (χ0) is 29.9. The summed E-state index contributed by atoms with van der Waals surface area (Å²) in [6, 6.07) is 7.58. The number of hydrogen-bond donors (Lipinski definition) is 1. The maximum absolute atomic E-state index is 13.7. The molecule has 0 bridgehead atoms. The lowest BCUT2D eigenvalue weighted by Gasteiger charge is -2.37. The highest BCUT2D eigenvalue weighted by Gasteiger charge is 2.48. The standard InChI is InChI=1S/C26H35NO12/c1-14(22(33)20-11-9-8-10-12-20)27(7)26(34)25(39-19(6)32)24(38-18(5)31)23(37-17(4)30)21(36-16(3)29)13-35-15(2)28/h8-12,14,21-25,33H,13H2,1-7H3. The summed E-state index contributed by atoms with van der Waals surface area (Å²) < 4.78 is 25.9. The second kappa shape index (κ2) is 15.4. The van der Waals surface area contributed by atoms with Gasteiger partial charge in [0.05, 0.1) is 12.1 Å². The molecule has 0 radical (unpaired) electrons. The Morgan fingerprint density at radius 3 is 1.69 bits per heavy atom. The first-order valence-corrected chi connectivity index (χ1v) is 12.0. The van der Waals surface area contributed by atoms with Gasteiger partial charge in [0.15, 0.2) is 18.3 Å². The maximum atomic E-state index is 13.7. The van der Waals surface area contributed by atoms with Gasteiger partial charge < -0.3 is 33.7 Å². The van der Waals surface area contributed by atoms with E-state index in [9.17, 15) is 33.9 Å². The Labute approximate surface area is 226 Å². The Bertz CT molecular complexity index is 1030. The number of aliphatic hydroxyl groups is 1. The van der Waals surface area contributed by atoms with Gasteiger partial charge in [-0.05, 0) is 12.5 Å². The normalized spacial score (nSPS) is 15.3. The van der Waals surface area contributed by atoms with Gasteiger partial charge in [-0.2, -0.15) is 0 Å². The summed E-state index contributed by atoms with van der Waals surface area (Å²) in [6.45, 7) is 5.98. The number of nitrogens with zero attached hydrogens (tertiary/aromatic N) is 1. The fourth-order valence-corrected chi connectivity index (χ4v) is 3.63. The lowest BCUT2D eigenvalue weighted by molar-refractivity contribution is -0.205. The average Bonchev–Trinajstić information content (AvgIpc) is 2.85. The quantitative estimate of drug-likeness (QED) is 0.270. The number of likely N-dealkylation sites (N-methyl/N-ethyl adjacent to an activating group) is 1. The van der Waals surface area contributed by atoms with Gasteiger partial charge in [0.1, 0.15) is 6.61 Å². The number of hydrogen-bond acceptors (Lipinski definition) is 12. The van der Waals surface area contributed by atoms with Crippen LogP contribution in [0.5, 0.6) is 0 Å². The Morgan fingerprint density at radius 1 is 0.744 bits per heavy atom. The molecule has 1 amide bonds. The highest BCUT2D eigenvalue weighted by atomic mass is 16.6. The van der Waals surface area contributed by atoms with Crippen LogP contribution >= 0.6 is 0 Å². The molecule has 6 atom stereocenters. The molecule has 1 aromatic rings. The summed E-state index contributed by atoms with van der Waals surface area (Å²) in [4.78, 5) is 74.2. The Morgan fingerprint density at radius 2 is 1.23 bits per heavy atom. The second-order valence-corrected chi connectivity index (χ2v) is 8.67. The molecule has 0 aromatic heterocycles. The van der Waals surface area contributed by atoms with E-state index in [1.165, 1.54) is 14.0 Å². The van der Waals surface area contributed by atoms with Gasteiger partial charge in [0, 0.05) is 41.7 Å². The van der Waals surface area contributed by atoms with Crippen LogP contribution in [0.25, 0.3) is 0 Å². The van der Waals surface area contributed by atoms with E-state index in [1.54, 1.807) is 30.3 Å². The smallest absolute Gasteiger partial charge is 0.303 e. The van der Waals surface area contributed by atoms with Gasteiger partial charge in [0.2, 0.25) is 6.10 Å². The summed E-state index contributed by atoms with van der Waals surface area (Å²) in [5.41, 5.74) is 0.499. The van der Waals surface area contributed by atoms with Crippen molar-refractivity contribution in [1.29, 1.82) is 0 Å². The van der Waals surface area contributed by atoms with E-state index in [0.717, 1.165) is 39.5 Å². The van der Waals surface area contributed by atoms with Crippen LogP contribution in [-0.2, 0) is 52.5 Å². The van der Waals surface area contributed by atoms with Crippen LogP contribution in [0.1, 0.15) is 53.2 Å². The molecule has 0 fully saturated rings. The predicted molar refractivity (Wildman–Crippen MR) is 132 cm³/mol. The summed E-state index contributed by atoms with van der Waals surface area (Å²) in [7, 11) is 1.32. The van der Waals surface area contributed by atoms with Crippen molar-refractivity contribution in [3.63, 3.8) is 0 Å². The van der Waals surface area contributed by atoms with Gasteiger partial charge >= 0.3 is 29.8 Å². The van der Waals surface area contributed by atoms with E-state index in [4.69, 9.17) is 23.7 Å². The minimum absolute atomic E-state index is 0.499. The molecule has 216 valence electrons. The van der Waals surface area contributed by atoms with Gasteiger partial charge in [-0.25, -0.2) is 0 Å². The van der Waals surface area contributed by atoms with E-state index in [-0.39, 0.29) is 0 Å². The van der Waals surface area contributed by atoms with Gasteiger partial charge in [0.25, 0.3) is 5.91 Å². The third kappa shape index (κ3) is 10.7. The van der Waals surface area contributed by atoms with E-state index in [1.807, 2.05) is 0 Å². The maximum Gasteiger partial charge on any atom is 0.303 e. The monoisotopic (exact) mass is 553 g/mol. The van der Waals surface area contributed by atoms with E-state index in [0.29, 0.717) is 5.56 Å². The highest BCUT2D eigenvalue weighted by Crippen LogP contribution is 2.25. The molecule has 0 saturated heterocycles. The summed E-state index contributed by atoms with van der Waals surface area (Å²) in [6.07, 6.45) is -8.27. The van der Waals surface area contributed by atoms with Crippen LogP contribution in [0.2, 0.25) is 0 Å². The van der Waals surface area contributed by atoms with Crippen LogP contribution in [0.4, 0.5) is 0 Å². The SMILES string of the molecule is CC(=O)OCC(OC(C)=O)C(OC(C)=O)C(OC(C)=O)C(OC(C)=O)C(=O)N(C)C(C)C(O)c1ccccc1. The molecular weight excluding hydrogens is 518 g/mol. The molecule has 39 heavy (non-hydrogen) atoms. The van der Waals surface area contributed by atoms with E-state index < -0.39 is 78.9 Å². The molecule has 0 heterocycles. The fraction of sp³-hybridized carbons (Fsp3) is 0.538. The van der Waals surface area contributed by atoms with Crippen LogP contribution in [-0.4, -0.2) is 89.9 Å². The third-order valence-corrected chi connectivity index (χ3v) is 5.45. The molecule has 0 aliphatic heterocycles. The number of amides is 1. The number of esters is 5. The molecule has 1 N–H and O–H groups in total. The minimum Gasteiger partial charge on any atom is -0.462 e. The Hall–Kier alpha value is -4.00. The van der Waals surface area contributed by atoms with Gasteiger partial charge in [-0.15, -0.1) is 0 Å². The topological polar surface area (TPSA) is 172 Å². The average molecular weight is 554 g/mol. The highest BCUT2D eigenvalue weighted by molar-refractivity contribution is 5.85. The molecule has 0 spiro atoms. The zero-order valence-corrected chi connectivity index (χ0v) is 22.9. The van der Waals surface area contributed by atoms with Gasteiger partial charge in [-0.1, -0.05) is 30.3 Å². The Kier molecular flexibility index (Phi) is 13.1. The van der Waals surface area contributed by atoms with E-state index >= 15 is 0 Å². The number of ether oxygens (including phenoxy) is 5. The van der Waals surface area contributed by atoms with Gasteiger partial charge in [-0.3, -0.25) is 28.8 Å². The molecule has 1 rings (SSSR count). The van der Waals surface area contributed by atoms with Crippen molar-refractivity contribution in [3.8, 4) is 0 Å². The molecule has 6 unspecified atom stereocenters. The first-order valence-electron chi connectivity index (χ1n) is 12.0. The molecule has 0 saturated carbocycles. The second-order valence-electron chi connectivity index (χ2n) is 8.67. The lowest BCUT2D eigenvalue weighted by atomic mass is 9.98. The zero-order valence-electron chi connectivity index (χ0n) is 22.9. The van der Waals surface area contributed by atoms with Crippen LogP contribution in [0.15, 0.2) is 30.3 Å². The van der Waals surface area contributed by atoms with Crippen molar-refractivity contribution in [2.75, 3.05) is 13.7 Å². The van der Waals surface area contributed by atoms with Crippen molar-refractivity contribution in [3.05, 3.63) is 35.9 Å². The third-order valence-electron chi connectivity index (χ3n) is 5.45. The molecule has 1 aromatic carbocycles. The first-order chi connectivity index (χ1) is 18.1. The molecule has 0 aliphatic rings. The molecule has 13 heteroatoms. The predicted octanol–water partition coefficient (Wildman–Crippen LogP) is 0.857. The van der Waals surface area contributed by atoms with Crippen molar-refractivity contribution >= 4 is 35.8 Å². The summed E-state index contributed by atoms with van der Waals surface area (Å²) in [5.74, 6) is -5.44. The van der Waals surface area contributed by atoms with Crippen molar-refractivity contribution in [2.45, 2.75) is 78.1 Å². The number of benzene rings is 1. The lowest BCUT2D eigenvalue weighted by Crippen LogP contribution is -2.58. The first kappa shape index (κ1) is 33.0. The Balaban J connectivity index is 3.58. The number of aliphatic hydroxyl groups excluding tert-OH is 1. The van der Waals surface area contributed by atoms with Crippen molar-refractivity contribution in [1.82, 2.24) is 4.90 Å². The van der Waals surface area contributed by atoms with Crippen molar-refractivity contribution < 1.29 is 57.6 Å². The van der Waals surface area contributed by atoms with Crippen LogP contribution in [0, 0.1) is 0 Å². The number of rotatable bonds is 13.